The Morgan fingerprint density at radius 3 is 2.32 bits per heavy atom. The molecule has 0 fully saturated rings. The second-order valence-corrected chi connectivity index (χ2v) is 8.04. The highest BCUT2D eigenvalue weighted by molar-refractivity contribution is 7.94. The van der Waals surface area contributed by atoms with Crippen molar-refractivity contribution in [3.05, 3.63) is 35.5 Å². The number of hydrogen-bond acceptors (Lipinski definition) is 5. The van der Waals surface area contributed by atoms with E-state index in [-0.39, 0.29) is 15.6 Å². The number of thiophene rings is 1. The summed E-state index contributed by atoms with van der Waals surface area (Å²) in [4.78, 5) is 8.71. The molecule has 0 spiro atoms. The van der Waals surface area contributed by atoms with Crippen molar-refractivity contribution in [2.45, 2.75) is 30.4 Å². The highest BCUT2D eigenvalue weighted by Crippen LogP contribution is 2.32. The van der Waals surface area contributed by atoms with E-state index >= 15 is 0 Å². The first-order valence-corrected chi connectivity index (χ1v) is 7.99. The van der Waals surface area contributed by atoms with Crippen LogP contribution in [0.4, 0.5) is 5.95 Å². The van der Waals surface area contributed by atoms with Gasteiger partial charge in [0.2, 0.25) is 5.95 Å². The zero-order valence-corrected chi connectivity index (χ0v) is 12.5. The number of hydrogen-bond donors (Lipinski definition) is 1. The van der Waals surface area contributed by atoms with Crippen LogP contribution in [0.1, 0.15) is 25.6 Å². The van der Waals surface area contributed by atoms with Crippen LogP contribution in [0.5, 0.6) is 0 Å². The van der Waals surface area contributed by atoms with Crippen LogP contribution in [0, 0.1) is 0 Å². The standard InChI is InChI=1S/C12H15N3O2S2/c1-12(2,3)9-5-6-10(18-9)19(16,17)15-11-13-7-4-8-14-11/h4-8H,1-3H3,(H,13,14,15). The van der Waals surface area contributed by atoms with Gasteiger partial charge in [-0.3, -0.25) is 0 Å². The fourth-order valence-electron chi connectivity index (χ4n) is 1.39. The molecule has 102 valence electrons. The molecule has 0 aromatic carbocycles. The molecule has 0 radical (unpaired) electrons. The minimum Gasteiger partial charge on any atom is -0.247 e. The van der Waals surface area contributed by atoms with E-state index in [1.54, 1.807) is 12.1 Å². The zero-order valence-electron chi connectivity index (χ0n) is 10.9. The maximum absolute atomic E-state index is 12.2. The molecule has 0 saturated carbocycles. The van der Waals surface area contributed by atoms with E-state index < -0.39 is 10.0 Å². The van der Waals surface area contributed by atoms with E-state index in [4.69, 9.17) is 0 Å². The highest BCUT2D eigenvalue weighted by atomic mass is 32.2. The molecule has 5 nitrogen and oxygen atoms in total. The molecular weight excluding hydrogens is 282 g/mol. The third-order valence-electron chi connectivity index (χ3n) is 2.38. The number of sulfonamides is 1. The number of aromatic nitrogens is 2. The molecular formula is C12H15N3O2S2. The van der Waals surface area contributed by atoms with E-state index in [1.807, 2.05) is 26.8 Å². The second-order valence-electron chi connectivity index (χ2n) is 5.05. The summed E-state index contributed by atoms with van der Waals surface area (Å²) in [5.41, 5.74) is -0.0678. The van der Waals surface area contributed by atoms with E-state index in [0.29, 0.717) is 0 Å². The van der Waals surface area contributed by atoms with E-state index in [0.717, 1.165) is 4.88 Å². The highest BCUT2D eigenvalue weighted by Gasteiger charge is 2.22. The normalized spacial score (nSPS) is 12.4. The van der Waals surface area contributed by atoms with E-state index in [9.17, 15) is 8.42 Å². The Labute approximate surface area is 116 Å². The summed E-state index contributed by atoms with van der Waals surface area (Å²) in [7, 11) is -3.61. The maximum Gasteiger partial charge on any atom is 0.273 e. The summed E-state index contributed by atoms with van der Waals surface area (Å²) in [6.45, 7) is 6.13. The smallest absolute Gasteiger partial charge is 0.247 e. The molecule has 0 amide bonds. The second kappa shape index (κ2) is 4.90. The van der Waals surface area contributed by atoms with Gasteiger partial charge in [0.05, 0.1) is 0 Å². The Balaban J connectivity index is 2.28. The van der Waals surface area contributed by atoms with E-state index in [2.05, 4.69) is 14.7 Å². The van der Waals surface area contributed by atoms with Gasteiger partial charge in [-0.05, 0) is 23.6 Å². The average molecular weight is 297 g/mol. The summed E-state index contributed by atoms with van der Waals surface area (Å²) in [6, 6.07) is 5.07. The first kappa shape index (κ1) is 14.0. The molecule has 2 aromatic heterocycles. The number of anilines is 1. The van der Waals surface area contributed by atoms with Gasteiger partial charge < -0.3 is 0 Å². The van der Waals surface area contributed by atoms with Crippen molar-refractivity contribution >= 4 is 27.3 Å². The molecule has 0 aliphatic carbocycles. The molecule has 1 N–H and O–H groups in total. The van der Waals surface area contributed by atoms with Crippen LogP contribution < -0.4 is 4.72 Å². The Bertz CT molecular complexity index is 658. The van der Waals surface area contributed by atoms with Crippen LogP contribution in [-0.4, -0.2) is 18.4 Å². The maximum atomic E-state index is 12.2. The van der Waals surface area contributed by atoms with Gasteiger partial charge in [0.1, 0.15) is 4.21 Å². The lowest BCUT2D eigenvalue weighted by Gasteiger charge is -2.15. The van der Waals surface area contributed by atoms with Crippen molar-refractivity contribution in [3.63, 3.8) is 0 Å². The molecule has 0 unspecified atom stereocenters. The van der Waals surface area contributed by atoms with Crippen molar-refractivity contribution < 1.29 is 8.42 Å². The third-order valence-corrected chi connectivity index (χ3v) is 5.71. The molecule has 0 saturated heterocycles. The van der Waals surface area contributed by atoms with Crippen LogP contribution in [0.15, 0.2) is 34.8 Å². The molecule has 0 bridgehead atoms. The Morgan fingerprint density at radius 2 is 1.79 bits per heavy atom. The SMILES string of the molecule is CC(C)(C)c1ccc(S(=O)(=O)Nc2ncccn2)s1. The van der Waals surface area contributed by atoms with Crippen LogP contribution in [-0.2, 0) is 15.4 Å². The molecule has 2 heterocycles. The van der Waals surface area contributed by atoms with Gasteiger partial charge in [0, 0.05) is 17.3 Å². The number of nitrogens with one attached hydrogen (secondary N) is 1. The Morgan fingerprint density at radius 1 is 1.16 bits per heavy atom. The van der Waals surface area contributed by atoms with Crippen molar-refractivity contribution in [1.29, 1.82) is 0 Å². The summed E-state index contributed by atoms with van der Waals surface area (Å²) in [5.74, 6) is 0.0770. The summed E-state index contributed by atoms with van der Waals surface area (Å²) >= 11 is 1.26. The predicted molar refractivity (Wildman–Crippen MR) is 75.9 cm³/mol. The van der Waals surface area contributed by atoms with Gasteiger partial charge >= 0.3 is 0 Å². The van der Waals surface area contributed by atoms with Crippen molar-refractivity contribution in [2.75, 3.05) is 4.72 Å². The van der Waals surface area contributed by atoms with Gasteiger partial charge in [-0.15, -0.1) is 11.3 Å². The largest absolute Gasteiger partial charge is 0.273 e. The number of nitrogens with zero attached hydrogens (tertiary/aromatic N) is 2. The fourth-order valence-corrected chi connectivity index (χ4v) is 3.71. The first-order valence-electron chi connectivity index (χ1n) is 5.69. The lowest BCUT2D eigenvalue weighted by molar-refractivity contribution is 0.602. The van der Waals surface area contributed by atoms with Crippen LogP contribution in [0.3, 0.4) is 0 Å². The monoisotopic (exact) mass is 297 g/mol. The summed E-state index contributed by atoms with van der Waals surface area (Å²) in [5, 5.41) is 0. The molecule has 2 rings (SSSR count). The minimum absolute atomic E-state index is 0.0678. The van der Waals surface area contributed by atoms with Gasteiger partial charge in [-0.2, -0.15) is 0 Å². The fraction of sp³-hybridized carbons (Fsp3) is 0.333. The van der Waals surface area contributed by atoms with Gasteiger partial charge in [0.25, 0.3) is 10.0 Å². The lowest BCUT2D eigenvalue weighted by Crippen LogP contribution is -2.13. The molecule has 2 aromatic rings. The molecule has 7 heteroatoms. The quantitative estimate of drug-likeness (QED) is 0.945. The average Bonchev–Trinajstić information content (AvgIpc) is 2.79. The van der Waals surface area contributed by atoms with Crippen molar-refractivity contribution in [2.24, 2.45) is 0 Å². The molecule has 0 aliphatic heterocycles. The first-order chi connectivity index (χ1) is 8.79. The Hall–Kier alpha value is -1.47. The van der Waals surface area contributed by atoms with Crippen LogP contribution in [0.2, 0.25) is 0 Å². The minimum atomic E-state index is -3.61. The third kappa shape index (κ3) is 3.30. The molecule has 0 atom stereocenters. The molecule has 0 aliphatic rings. The van der Waals surface area contributed by atoms with Gasteiger partial charge in [-0.25, -0.2) is 23.1 Å². The van der Waals surface area contributed by atoms with E-state index in [1.165, 1.54) is 23.7 Å². The van der Waals surface area contributed by atoms with Crippen LogP contribution in [0.25, 0.3) is 0 Å². The predicted octanol–water partition coefficient (Wildman–Crippen LogP) is 2.64. The van der Waals surface area contributed by atoms with Crippen molar-refractivity contribution in [3.8, 4) is 0 Å². The van der Waals surface area contributed by atoms with Gasteiger partial charge in [-0.1, -0.05) is 20.8 Å². The molecule has 19 heavy (non-hydrogen) atoms. The number of rotatable bonds is 3. The van der Waals surface area contributed by atoms with Crippen LogP contribution >= 0.6 is 11.3 Å². The van der Waals surface area contributed by atoms with Crippen molar-refractivity contribution in [1.82, 2.24) is 9.97 Å². The summed E-state index contributed by atoms with van der Waals surface area (Å²) in [6.07, 6.45) is 2.97. The Kier molecular flexibility index (Phi) is 3.60. The summed E-state index contributed by atoms with van der Waals surface area (Å²) < 4.78 is 27.0. The zero-order chi connectivity index (χ0) is 14.1. The lowest BCUT2D eigenvalue weighted by atomic mass is 9.95. The van der Waals surface area contributed by atoms with Gasteiger partial charge in [0.15, 0.2) is 0 Å². The topological polar surface area (TPSA) is 72.0 Å².